The van der Waals surface area contributed by atoms with Crippen molar-refractivity contribution in [2.75, 3.05) is 5.32 Å². The van der Waals surface area contributed by atoms with Crippen LogP contribution in [0.4, 0.5) is 5.69 Å². The maximum absolute atomic E-state index is 13.2. The average molecular weight is 400 g/mol. The van der Waals surface area contributed by atoms with Gasteiger partial charge in [0.15, 0.2) is 0 Å². The van der Waals surface area contributed by atoms with Gasteiger partial charge in [0.05, 0.1) is 17.0 Å². The molecule has 0 radical (unpaired) electrons. The minimum absolute atomic E-state index is 0.193. The zero-order valence-electron chi connectivity index (χ0n) is 16.8. The predicted octanol–water partition coefficient (Wildman–Crippen LogP) is 2.62. The fourth-order valence-corrected chi connectivity index (χ4v) is 4.28. The zero-order valence-corrected chi connectivity index (χ0v) is 16.8. The molecule has 2 aromatic heterocycles. The van der Waals surface area contributed by atoms with Crippen LogP contribution in [0, 0.1) is 6.92 Å². The van der Waals surface area contributed by atoms with Crippen LogP contribution < -0.4 is 16.6 Å². The van der Waals surface area contributed by atoms with E-state index in [1.807, 2.05) is 55.5 Å². The zero-order chi connectivity index (χ0) is 21.2. The predicted molar refractivity (Wildman–Crippen MR) is 116 cm³/mol. The third kappa shape index (κ3) is 2.41. The number of aryl methyl sites for hydroxylation is 2. The number of carbonyl (C=O) groups is 1. The number of nitrogens with zero attached hydrogens (tertiary/aromatic N) is 2. The van der Waals surface area contributed by atoms with Gasteiger partial charge in [0, 0.05) is 25.3 Å². The van der Waals surface area contributed by atoms with E-state index in [-0.39, 0.29) is 5.91 Å². The monoisotopic (exact) mass is 400 g/mol. The maximum atomic E-state index is 13.2. The van der Waals surface area contributed by atoms with E-state index in [4.69, 9.17) is 0 Å². The third-order valence-corrected chi connectivity index (χ3v) is 5.87. The Morgan fingerprint density at radius 1 is 0.900 bits per heavy atom. The molecule has 0 fully saturated rings. The summed E-state index contributed by atoms with van der Waals surface area (Å²) in [5.74, 6) is -0.849. The normalized spacial score (nSPS) is 15.4. The molecule has 5 rings (SSSR count). The molecule has 0 bridgehead atoms. The van der Waals surface area contributed by atoms with Crippen LogP contribution in [0.2, 0.25) is 0 Å². The van der Waals surface area contributed by atoms with Crippen molar-refractivity contribution in [1.82, 2.24) is 14.1 Å². The van der Waals surface area contributed by atoms with Gasteiger partial charge in [-0.25, -0.2) is 4.79 Å². The molecule has 150 valence electrons. The van der Waals surface area contributed by atoms with Crippen LogP contribution in [-0.4, -0.2) is 20.0 Å². The number of anilines is 1. The number of rotatable bonds is 2. The van der Waals surface area contributed by atoms with Crippen LogP contribution in [0.25, 0.3) is 22.3 Å². The highest BCUT2D eigenvalue weighted by Gasteiger charge is 2.37. The lowest BCUT2D eigenvalue weighted by molar-refractivity contribution is -0.116. The van der Waals surface area contributed by atoms with Crippen molar-refractivity contribution in [1.29, 1.82) is 0 Å². The lowest BCUT2D eigenvalue weighted by Gasteiger charge is -2.12. The Labute approximate surface area is 171 Å². The first-order valence-electron chi connectivity index (χ1n) is 9.67. The molecule has 0 saturated carbocycles. The molecule has 7 heteroatoms. The van der Waals surface area contributed by atoms with E-state index in [2.05, 4.69) is 10.3 Å². The van der Waals surface area contributed by atoms with Crippen LogP contribution in [0.5, 0.6) is 0 Å². The number of benzene rings is 2. The summed E-state index contributed by atoms with van der Waals surface area (Å²) in [6.07, 6.45) is 0. The van der Waals surface area contributed by atoms with E-state index in [1.165, 1.54) is 11.6 Å². The van der Waals surface area contributed by atoms with Gasteiger partial charge in [-0.1, -0.05) is 48.0 Å². The smallest absolute Gasteiger partial charge is 0.332 e. The Kier molecular flexibility index (Phi) is 3.83. The number of fused-ring (bicyclic) bond motifs is 2. The maximum Gasteiger partial charge on any atom is 0.332 e. The number of aromatic nitrogens is 3. The summed E-state index contributed by atoms with van der Waals surface area (Å²) in [5.41, 5.74) is 4.31. The minimum atomic E-state index is -0.656. The molecule has 3 heterocycles. The van der Waals surface area contributed by atoms with Gasteiger partial charge in [-0.05, 0) is 24.1 Å². The molecule has 0 saturated heterocycles. The summed E-state index contributed by atoms with van der Waals surface area (Å²) in [4.78, 5) is 42.0. The molecule has 1 unspecified atom stereocenters. The number of aromatic amines is 1. The molecule has 1 atom stereocenters. The molecule has 7 nitrogen and oxygen atoms in total. The Morgan fingerprint density at radius 3 is 2.33 bits per heavy atom. The molecule has 0 aliphatic carbocycles. The van der Waals surface area contributed by atoms with Crippen molar-refractivity contribution in [2.24, 2.45) is 14.1 Å². The fourth-order valence-electron chi connectivity index (χ4n) is 4.28. The van der Waals surface area contributed by atoms with Crippen molar-refractivity contribution in [3.8, 4) is 11.3 Å². The van der Waals surface area contributed by atoms with E-state index in [0.717, 1.165) is 26.9 Å². The van der Waals surface area contributed by atoms with Crippen molar-refractivity contribution in [2.45, 2.75) is 12.8 Å². The summed E-state index contributed by atoms with van der Waals surface area (Å²) < 4.78 is 2.49. The lowest BCUT2D eigenvalue weighted by atomic mass is 9.89. The van der Waals surface area contributed by atoms with E-state index in [0.29, 0.717) is 22.3 Å². The van der Waals surface area contributed by atoms with Crippen LogP contribution in [-0.2, 0) is 18.9 Å². The molecule has 2 aromatic carbocycles. The molecule has 1 aliphatic heterocycles. The first kappa shape index (κ1) is 18.2. The number of amides is 1. The van der Waals surface area contributed by atoms with Crippen molar-refractivity contribution in [3.05, 3.63) is 86.1 Å². The first-order valence-corrected chi connectivity index (χ1v) is 9.67. The summed E-state index contributed by atoms with van der Waals surface area (Å²) >= 11 is 0. The van der Waals surface area contributed by atoms with Crippen molar-refractivity contribution in [3.63, 3.8) is 0 Å². The van der Waals surface area contributed by atoms with Gasteiger partial charge < -0.3 is 10.3 Å². The number of para-hydroxylation sites is 1. The minimum Gasteiger partial charge on any atom is -0.340 e. The standard InChI is InChI=1S/C23H20N4O3/c1-12-8-10-13(11-9-12)19-17(16-14-6-4-5-7-15(14)24-21(16)28)18-20(25-19)26(2)23(30)27(3)22(18)29/h4-11,16,25H,1-3H3,(H,24,28). The third-order valence-electron chi connectivity index (χ3n) is 5.87. The molecule has 2 N–H and O–H groups in total. The van der Waals surface area contributed by atoms with Gasteiger partial charge in [-0.2, -0.15) is 0 Å². The second-order valence-corrected chi connectivity index (χ2v) is 7.72. The largest absolute Gasteiger partial charge is 0.340 e. The van der Waals surface area contributed by atoms with Gasteiger partial charge in [0.25, 0.3) is 5.56 Å². The van der Waals surface area contributed by atoms with Crippen LogP contribution in [0.3, 0.4) is 0 Å². The van der Waals surface area contributed by atoms with Crippen molar-refractivity contribution < 1.29 is 4.79 Å². The van der Waals surface area contributed by atoms with Gasteiger partial charge in [0.2, 0.25) is 5.91 Å². The van der Waals surface area contributed by atoms with Gasteiger partial charge in [-0.15, -0.1) is 0 Å². The van der Waals surface area contributed by atoms with Crippen LogP contribution in [0.15, 0.2) is 58.1 Å². The highest BCUT2D eigenvalue weighted by molar-refractivity contribution is 6.08. The Morgan fingerprint density at radius 2 is 1.60 bits per heavy atom. The number of hydrogen-bond donors (Lipinski definition) is 2. The Balaban J connectivity index is 1.94. The Bertz CT molecular complexity index is 1460. The SMILES string of the molecule is Cc1ccc(-c2[nH]c3c(c2C2C(=O)Nc4ccccc42)c(=O)n(C)c(=O)n3C)cc1. The quantitative estimate of drug-likeness (QED) is 0.542. The molecule has 1 aliphatic rings. The summed E-state index contributed by atoms with van der Waals surface area (Å²) in [6.45, 7) is 2.00. The fraction of sp³-hybridized carbons (Fsp3) is 0.174. The topological polar surface area (TPSA) is 88.9 Å². The molecule has 4 aromatic rings. The summed E-state index contributed by atoms with van der Waals surface area (Å²) in [7, 11) is 3.07. The van der Waals surface area contributed by atoms with E-state index >= 15 is 0 Å². The molecular formula is C23H20N4O3. The lowest BCUT2D eigenvalue weighted by Crippen LogP contribution is -2.37. The average Bonchev–Trinajstić information content (AvgIpc) is 3.28. The second-order valence-electron chi connectivity index (χ2n) is 7.72. The van der Waals surface area contributed by atoms with E-state index in [9.17, 15) is 14.4 Å². The number of carbonyl (C=O) groups excluding carboxylic acids is 1. The molecule has 1 amide bonds. The van der Waals surface area contributed by atoms with E-state index in [1.54, 1.807) is 7.05 Å². The number of H-pyrrole nitrogens is 1. The first-order chi connectivity index (χ1) is 14.4. The summed E-state index contributed by atoms with van der Waals surface area (Å²) in [5, 5.41) is 3.27. The number of hydrogen-bond acceptors (Lipinski definition) is 3. The van der Waals surface area contributed by atoms with Gasteiger partial charge in [0.1, 0.15) is 5.65 Å². The molecule has 0 spiro atoms. The molecule has 30 heavy (non-hydrogen) atoms. The van der Waals surface area contributed by atoms with Gasteiger partial charge >= 0.3 is 5.69 Å². The Hall–Kier alpha value is -3.87. The number of nitrogens with one attached hydrogen (secondary N) is 2. The van der Waals surface area contributed by atoms with Crippen LogP contribution in [0.1, 0.15) is 22.6 Å². The highest BCUT2D eigenvalue weighted by atomic mass is 16.2. The second kappa shape index (κ2) is 6.32. The van der Waals surface area contributed by atoms with Crippen molar-refractivity contribution >= 4 is 22.6 Å². The van der Waals surface area contributed by atoms with Gasteiger partial charge in [-0.3, -0.25) is 18.7 Å². The summed E-state index contributed by atoms with van der Waals surface area (Å²) in [6, 6.07) is 15.3. The molecular weight excluding hydrogens is 380 g/mol. The highest BCUT2D eigenvalue weighted by Crippen LogP contribution is 2.43. The van der Waals surface area contributed by atoms with Crippen LogP contribution >= 0.6 is 0 Å². The van der Waals surface area contributed by atoms with E-state index < -0.39 is 17.2 Å².